The van der Waals surface area contributed by atoms with Gasteiger partial charge < -0.3 is 9.57 Å². The number of rotatable bonds is 4. The molecule has 4 nitrogen and oxygen atoms in total. The molecule has 0 aliphatic rings. The quantitative estimate of drug-likeness (QED) is 0.481. The highest BCUT2D eigenvalue weighted by Gasteiger charge is 2.21. The third kappa shape index (κ3) is 3.74. The molecule has 2 rings (SSSR count). The van der Waals surface area contributed by atoms with E-state index in [2.05, 4.69) is 5.16 Å². The van der Waals surface area contributed by atoms with Gasteiger partial charge in [-0.3, -0.25) is 0 Å². The SMILES string of the molecule is COc1c(Cl)ccc(Cl)c1C(=O)ON=Cc1ccccc1. The van der Waals surface area contributed by atoms with Crippen LogP contribution in [0.4, 0.5) is 0 Å². The van der Waals surface area contributed by atoms with Gasteiger partial charge in [0.25, 0.3) is 0 Å². The van der Waals surface area contributed by atoms with Gasteiger partial charge in [0.1, 0.15) is 5.56 Å². The van der Waals surface area contributed by atoms with Gasteiger partial charge in [-0.2, -0.15) is 0 Å². The number of hydrogen-bond acceptors (Lipinski definition) is 4. The van der Waals surface area contributed by atoms with Crippen molar-refractivity contribution in [3.63, 3.8) is 0 Å². The Morgan fingerprint density at radius 3 is 2.43 bits per heavy atom. The zero-order chi connectivity index (χ0) is 15.2. The number of oxime groups is 1. The van der Waals surface area contributed by atoms with Crippen LogP contribution in [0.15, 0.2) is 47.6 Å². The van der Waals surface area contributed by atoms with E-state index in [4.69, 9.17) is 32.8 Å². The standard InChI is InChI=1S/C15H11Cl2NO3/c1-20-14-12(17)8-7-11(16)13(14)15(19)21-18-9-10-5-3-2-4-6-10/h2-9H,1H3. The molecule has 6 heteroatoms. The summed E-state index contributed by atoms with van der Waals surface area (Å²) in [6.45, 7) is 0. The maximum Gasteiger partial charge on any atom is 0.371 e. The molecule has 0 saturated heterocycles. The van der Waals surface area contributed by atoms with Crippen LogP contribution < -0.4 is 4.74 Å². The van der Waals surface area contributed by atoms with Crippen LogP contribution in [-0.2, 0) is 4.84 Å². The molecule has 21 heavy (non-hydrogen) atoms. The molecule has 0 bridgehead atoms. The van der Waals surface area contributed by atoms with Crippen molar-refractivity contribution in [1.29, 1.82) is 0 Å². The molecule has 0 amide bonds. The molecular weight excluding hydrogens is 313 g/mol. The minimum atomic E-state index is -0.744. The molecular formula is C15H11Cl2NO3. The first kappa shape index (κ1) is 15.4. The van der Waals surface area contributed by atoms with Crippen LogP contribution in [0, 0.1) is 0 Å². The van der Waals surface area contributed by atoms with E-state index in [1.807, 2.05) is 30.3 Å². The summed E-state index contributed by atoms with van der Waals surface area (Å²) in [6.07, 6.45) is 1.42. The normalized spacial score (nSPS) is 10.6. The molecule has 0 aromatic heterocycles. The highest BCUT2D eigenvalue weighted by atomic mass is 35.5. The Labute approximate surface area is 131 Å². The number of hydrogen-bond donors (Lipinski definition) is 0. The minimum Gasteiger partial charge on any atom is -0.494 e. The molecule has 0 N–H and O–H groups in total. The summed E-state index contributed by atoms with van der Waals surface area (Å²) in [5.74, 6) is -0.587. The summed E-state index contributed by atoms with van der Waals surface area (Å²) in [5, 5.41) is 4.07. The Hall–Kier alpha value is -2.04. The third-order valence-corrected chi connectivity index (χ3v) is 3.22. The summed E-state index contributed by atoms with van der Waals surface area (Å²) in [5.41, 5.74) is 0.839. The molecule has 2 aromatic rings. The Balaban J connectivity index is 2.18. The summed E-state index contributed by atoms with van der Waals surface area (Å²) in [7, 11) is 1.39. The van der Waals surface area contributed by atoms with Crippen LogP contribution in [0.1, 0.15) is 15.9 Å². The van der Waals surface area contributed by atoms with Gasteiger partial charge in [0.15, 0.2) is 5.75 Å². The van der Waals surface area contributed by atoms with Crippen LogP contribution in [0.25, 0.3) is 0 Å². The summed E-state index contributed by atoms with van der Waals surface area (Å²) >= 11 is 11.9. The Morgan fingerprint density at radius 2 is 1.76 bits per heavy atom. The van der Waals surface area contributed by atoms with Crippen molar-refractivity contribution in [3.05, 3.63) is 63.6 Å². The summed E-state index contributed by atoms with van der Waals surface area (Å²) < 4.78 is 5.07. The molecule has 0 unspecified atom stereocenters. The predicted molar refractivity (Wildman–Crippen MR) is 82.5 cm³/mol. The molecule has 0 aliphatic carbocycles. The Kier molecular flexibility index (Phi) is 5.20. The lowest BCUT2D eigenvalue weighted by molar-refractivity contribution is 0.0516. The van der Waals surface area contributed by atoms with Crippen molar-refractivity contribution >= 4 is 35.4 Å². The van der Waals surface area contributed by atoms with Gasteiger partial charge in [0.05, 0.1) is 23.4 Å². The molecule has 0 heterocycles. The Morgan fingerprint density at radius 1 is 1.10 bits per heavy atom. The fraction of sp³-hybridized carbons (Fsp3) is 0.0667. The van der Waals surface area contributed by atoms with Gasteiger partial charge >= 0.3 is 5.97 Å². The second-order valence-electron chi connectivity index (χ2n) is 3.96. The van der Waals surface area contributed by atoms with Crippen molar-refractivity contribution in [1.82, 2.24) is 0 Å². The first-order valence-corrected chi connectivity index (χ1v) is 6.71. The van der Waals surface area contributed by atoms with Crippen molar-refractivity contribution in [2.24, 2.45) is 5.16 Å². The van der Waals surface area contributed by atoms with Gasteiger partial charge in [-0.05, 0) is 17.7 Å². The lowest BCUT2D eigenvalue weighted by Crippen LogP contribution is -2.05. The van der Waals surface area contributed by atoms with Crippen LogP contribution in [0.5, 0.6) is 5.75 Å². The topological polar surface area (TPSA) is 47.9 Å². The van der Waals surface area contributed by atoms with E-state index in [1.54, 1.807) is 0 Å². The van der Waals surface area contributed by atoms with E-state index in [-0.39, 0.29) is 21.4 Å². The number of carbonyl (C=O) groups excluding carboxylic acids is 1. The highest BCUT2D eigenvalue weighted by Crippen LogP contribution is 2.34. The van der Waals surface area contributed by atoms with Crippen molar-refractivity contribution < 1.29 is 14.4 Å². The van der Waals surface area contributed by atoms with E-state index in [1.165, 1.54) is 25.5 Å². The van der Waals surface area contributed by atoms with Crippen molar-refractivity contribution in [2.75, 3.05) is 7.11 Å². The van der Waals surface area contributed by atoms with Crippen LogP contribution >= 0.6 is 23.2 Å². The van der Waals surface area contributed by atoms with Gasteiger partial charge in [-0.25, -0.2) is 4.79 Å². The fourth-order valence-electron chi connectivity index (χ4n) is 1.64. The molecule has 0 saturated carbocycles. The number of ether oxygens (including phenoxy) is 1. The molecule has 2 aromatic carbocycles. The number of carbonyl (C=O) groups is 1. The van der Waals surface area contributed by atoms with E-state index < -0.39 is 5.97 Å². The van der Waals surface area contributed by atoms with Crippen LogP contribution in [0.2, 0.25) is 10.0 Å². The maximum atomic E-state index is 12.0. The zero-order valence-electron chi connectivity index (χ0n) is 11.0. The first-order chi connectivity index (χ1) is 10.1. The molecule has 0 aliphatic heterocycles. The second kappa shape index (κ2) is 7.11. The predicted octanol–water partition coefficient (Wildman–Crippen LogP) is 4.19. The minimum absolute atomic E-state index is 0.0388. The fourth-order valence-corrected chi connectivity index (χ4v) is 2.10. The number of methoxy groups -OCH3 is 1. The van der Waals surface area contributed by atoms with Crippen LogP contribution in [-0.4, -0.2) is 19.3 Å². The van der Waals surface area contributed by atoms with Gasteiger partial charge in [0.2, 0.25) is 0 Å². The average Bonchev–Trinajstić information content (AvgIpc) is 2.50. The molecule has 0 atom stereocenters. The van der Waals surface area contributed by atoms with Crippen LogP contribution in [0.3, 0.4) is 0 Å². The number of benzene rings is 2. The van der Waals surface area contributed by atoms with E-state index in [0.29, 0.717) is 0 Å². The molecule has 108 valence electrons. The smallest absolute Gasteiger partial charge is 0.371 e. The average molecular weight is 324 g/mol. The summed E-state index contributed by atoms with van der Waals surface area (Å²) in [6, 6.07) is 12.2. The van der Waals surface area contributed by atoms with E-state index in [9.17, 15) is 4.79 Å². The van der Waals surface area contributed by atoms with Gasteiger partial charge in [0, 0.05) is 0 Å². The molecule has 0 fully saturated rings. The largest absolute Gasteiger partial charge is 0.494 e. The Bertz CT molecular complexity index is 672. The second-order valence-corrected chi connectivity index (χ2v) is 4.78. The molecule has 0 radical (unpaired) electrons. The van der Waals surface area contributed by atoms with E-state index >= 15 is 0 Å². The number of nitrogens with zero attached hydrogens (tertiary/aromatic N) is 1. The lowest BCUT2D eigenvalue weighted by Gasteiger charge is -2.09. The van der Waals surface area contributed by atoms with Crippen molar-refractivity contribution in [3.8, 4) is 5.75 Å². The highest BCUT2D eigenvalue weighted by molar-refractivity contribution is 6.37. The maximum absolute atomic E-state index is 12.0. The molecule has 0 spiro atoms. The van der Waals surface area contributed by atoms with Gasteiger partial charge in [-0.1, -0.05) is 58.7 Å². The third-order valence-electron chi connectivity index (χ3n) is 2.60. The van der Waals surface area contributed by atoms with Gasteiger partial charge in [-0.15, -0.1) is 0 Å². The lowest BCUT2D eigenvalue weighted by atomic mass is 10.2. The summed E-state index contributed by atoms with van der Waals surface area (Å²) in [4.78, 5) is 16.8. The first-order valence-electron chi connectivity index (χ1n) is 5.95. The van der Waals surface area contributed by atoms with Crippen molar-refractivity contribution in [2.45, 2.75) is 0 Å². The monoisotopic (exact) mass is 323 g/mol. The zero-order valence-corrected chi connectivity index (χ0v) is 12.6. The number of halogens is 2. The van der Waals surface area contributed by atoms with E-state index in [0.717, 1.165) is 5.56 Å².